The molecule has 28 heteroatoms. The van der Waals surface area contributed by atoms with Gasteiger partial charge in [0.25, 0.3) is 0 Å². The first-order valence-corrected chi connectivity index (χ1v) is 61.3. The molecule has 8 atom stereocenters. The SMILES string of the molecule is C1CCC([PH+](C2CCCCC2)C2CCCCC2)CC1.C=CCCCCC[C@H](NC(=O)OC(C)(C)C)C(=O)N1Cc2ccc(Oc3cccc(Cl)c3)cc2CC1C(=O)N[C@]1(C(=O)OCC)C[C@H]1C=C.CCOC(=O)[C@@]12C[C@H]1/C=C\CCCCC[C@H](NC(=O)OC(C)(C)C)C(=O)N1Cc3ccc(Oc4cccc(Cl)c4)cc3CC1C(=O)N2.Cc1cc(C)c(N2C=CN(c3c(C)cc(C)cc3C)[CH-]2)c(C)c1.[Cl][Ru]([Cl])=[CH]c1ccccc1. The summed E-state index contributed by atoms with van der Waals surface area (Å²) in [6, 6.07) is 40.2. The van der Waals surface area contributed by atoms with Crippen LogP contribution in [0, 0.1) is 60.0 Å². The third-order valence-electron chi connectivity index (χ3n) is 28.9. The maximum atomic E-state index is 14.4. The van der Waals surface area contributed by atoms with Gasteiger partial charge in [-0.05, 0) is 343 Å². The molecule has 0 bridgehead atoms. The maximum absolute atomic E-state index is 14.4. The average molecular weight is 2210 g/mol. The molecule has 5 saturated carbocycles. The number of allylic oxidation sites excluding steroid dienone is 2. The van der Waals surface area contributed by atoms with E-state index in [-0.39, 0.29) is 64.8 Å². The van der Waals surface area contributed by atoms with Crippen molar-refractivity contribution in [3.63, 3.8) is 0 Å². The van der Waals surface area contributed by atoms with Crippen molar-refractivity contribution in [2.45, 2.75) is 360 Å². The van der Waals surface area contributed by atoms with Gasteiger partial charge in [-0.15, -0.1) is 19.8 Å². The molecule has 9 aliphatic rings. The van der Waals surface area contributed by atoms with Gasteiger partial charge in [0, 0.05) is 67.1 Å². The van der Waals surface area contributed by atoms with Gasteiger partial charge >= 0.3 is 97.5 Å². The molecule has 4 aliphatic heterocycles. The number of nitrogens with one attached hydrogen (secondary N) is 4. The van der Waals surface area contributed by atoms with E-state index in [0.717, 1.165) is 66.3 Å². The Kier molecular flexibility index (Phi) is 43.7. The number of ether oxygens (including phenoxy) is 6. The van der Waals surface area contributed by atoms with E-state index in [2.05, 4.69) is 129 Å². The standard InChI is InChI=1S/C38H48ClN3O7.C36H44ClN3O7.C21H25N2.C18H33P.C7H6.2ClH.Ru/c1-7-10-11-12-13-17-31(40-36(46)49-37(4,5)6)34(44)42-24-25-18-19-30(48-29-16-14-15-28(39)22-29)20-26(25)21-32(42)33(43)41-38(23-27(38)8-2)35(45)47-9-3;1-5-45-33(43)36-21-25(36)12-9-7-6-8-10-15-29(38-34(44)47-35(2,3)4)32(42)40-22-23-16-17-28(46-27-14-11-13-26(37)20-27)18-24(23)19-30(40)31(41)39-36;1-14-9-16(3)20(17(4)10-14)22-7-8-23(13-22)21-18(5)11-15(2)12-19(21)6;1-4-10-16(11-5-1)19(17-12-6-2-7-13-17)18-14-8-3-9-15-18;1-7-5-3-2-4-6-7;;;/h7-8,14-16,18-20,22,27,31-32H,1-2,9-13,17,21,23-24H2,3-6H3,(H,40,46)(H,41,43);9,11-14,16-18,20,25,29-30H,5-8,10,15,19,21-22H2,1-4H3,(H,38,44)(H,39,41);7-13H,1-6H3;16-18H,1-15H2;1-6H;2*1H;/q;;-1;;;;;+2/p-1/b;12-9-;;;;;;/t27-,31+,32?,38-;25-,29+,30?,36-;;;;;;/m11....../s1. The second kappa shape index (κ2) is 55.4. The number of carbonyl (C=O) groups excluding carboxylic acids is 8. The number of nitrogens with zero attached hydrogens (tertiary/aromatic N) is 4. The Morgan fingerprint density at radius 3 is 1.57 bits per heavy atom. The molecule has 7 aromatic rings. The van der Waals surface area contributed by atoms with Crippen LogP contribution in [-0.4, -0.2) is 139 Å². The van der Waals surface area contributed by atoms with Gasteiger partial charge in [0.15, 0.2) is 0 Å². The van der Waals surface area contributed by atoms with Gasteiger partial charge in [-0.25, -0.2) is 19.2 Å². The first-order valence-electron chi connectivity index (χ1n) is 53.4. The van der Waals surface area contributed by atoms with Gasteiger partial charge in [0.2, 0.25) is 23.6 Å². The molecule has 0 radical (unpaired) electrons. The zero-order valence-electron chi connectivity index (χ0n) is 89.2. The number of hydrogen-bond donors (Lipinski definition) is 4. The summed E-state index contributed by atoms with van der Waals surface area (Å²) < 4.78 is 35.8. The van der Waals surface area contributed by atoms with Gasteiger partial charge in [-0.1, -0.05) is 152 Å². The first kappa shape index (κ1) is 117. The van der Waals surface area contributed by atoms with Crippen molar-refractivity contribution in [3.05, 3.63) is 267 Å². The molecule has 7 aromatic carbocycles. The van der Waals surface area contributed by atoms with E-state index in [1.807, 2.05) is 83.5 Å². The Hall–Kier alpha value is -9.86. The number of fused-ring (bicyclic) bond motifs is 4. The minimum absolute atomic E-state index is 0.0465. The molecule has 6 amide bonds. The molecular weight excluding hydrogens is 2050 g/mol. The summed E-state index contributed by atoms with van der Waals surface area (Å²) in [5, 5.41) is 12.6. The summed E-state index contributed by atoms with van der Waals surface area (Å²) >= 11 is 10.7. The van der Waals surface area contributed by atoms with E-state index in [1.165, 1.54) is 71.5 Å². The minimum atomic E-state index is -1.61. The number of hydrogen-bond acceptors (Lipinski definition) is 16. The van der Waals surface area contributed by atoms with Crippen LogP contribution in [0.2, 0.25) is 10.0 Å². The van der Waals surface area contributed by atoms with E-state index in [9.17, 15) is 38.4 Å². The van der Waals surface area contributed by atoms with Gasteiger partial charge in [-0.3, -0.25) is 19.2 Å². The van der Waals surface area contributed by atoms with Crippen molar-refractivity contribution in [1.82, 2.24) is 31.1 Å². The molecule has 4 heterocycles. The van der Waals surface area contributed by atoms with Crippen LogP contribution in [0.25, 0.3) is 0 Å². The molecule has 16 rings (SSSR count). The fraction of sp³-hybridized carbons (Fsp3) is 0.500. The van der Waals surface area contributed by atoms with Crippen LogP contribution in [0.4, 0.5) is 21.0 Å². The van der Waals surface area contributed by atoms with Gasteiger partial charge in [0.05, 0.1) is 30.2 Å². The van der Waals surface area contributed by atoms with Crippen LogP contribution in [0.15, 0.2) is 189 Å². The Bertz CT molecular complexity index is 5670. The summed E-state index contributed by atoms with van der Waals surface area (Å²) in [5.74, 6) is -1.06. The predicted octanol–water partition coefficient (Wildman–Crippen LogP) is 27.7. The van der Waals surface area contributed by atoms with Crippen LogP contribution in [0.5, 0.6) is 23.0 Å². The number of rotatable bonds is 26. The van der Waals surface area contributed by atoms with Crippen LogP contribution in [-0.2, 0) is 87.2 Å². The Balaban J connectivity index is 0.000000179. The number of halogens is 4. The zero-order valence-corrected chi connectivity index (χ0v) is 95.0. The fourth-order valence-electron chi connectivity index (χ4n) is 22.0. The number of alkyl carbamates (subject to hydrolysis) is 2. The number of unbranched alkanes of at least 4 members (excludes halogenated alkanes) is 3. The number of carbonyl (C=O) groups is 8. The quantitative estimate of drug-likeness (QED) is 0.00748. The van der Waals surface area contributed by atoms with Gasteiger partial charge in [-0.2, -0.15) is 0 Å². The van der Waals surface area contributed by atoms with Gasteiger partial charge in [0.1, 0.15) is 69.4 Å². The summed E-state index contributed by atoms with van der Waals surface area (Å²) in [6.07, 6.45) is 42.5. The van der Waals surface area contributed by atoms with Crippen molar-refractivity contribution in [3.8, 4) is 23.0 Å². The number of aryl methyl sites for hydroxylation is 6. The number of esters is 2. The van der Waals surface area contributed by atoms with Crippen molar-refractivity contribution < 1.29 is 80.3 Å². The molecule has 0 saturated heterocycles. The Morgan fingerprint density at radius 2 is 1.07 bits per heavy atom. The van der Waals surface area contributed by atoms with Crippen molar-refractivity contribution in [1.29, 1.82) is 0 Å². The van der Waals surface area contributed by atoms with E-state index >= 15 is 0 Å². The van der Waals surface area contributed by atoms with E-state index in [4.69, 9.17) is 71.0 Å². The Morgan fingerprint density at radius 1 is 0.568 bits per heavy atom. The van der Waals surface area contributed by atoms with Gasteiger partial charge < -0.3 is 69.3 Å². The van der Waals surface area contributed by atoms with Crippen molar-refractivity contribution in [2.24, 2.45) is 11.8 Å². The average Bonchev–Trinajstić information content (AvgIpc) is 1.59. The first-order chi connectivity index (χ1) is 70.8. The van der Waals surface area contributed by atoms with Crippen LogP contribution >= 0.6 is 50.5 Å². The monoisotopic (exact) mass is 2210 g/mol. The second-order valence-electron chi connectivity index (χ2n) is 42.9. The van der Waals surface area contributed by atoms with E-state index in [1.54, 1.807) is 212 Å². The molecule has 0 aromatic heterocycles. The zero-order chi connectivity index (χ0) is 107. The summed E-state index contributed by atoms with van der Waals surface area (Å²) in [5.41, 5.74) is 14.6. The van der Waals surface area contributed by atoms with E-state index < -0.39 is 102 Å². The molecule has 5 fully saturated rings. The molecule has 802 valence electrons. The van der Waals surface area contributed by atoms with Crippen molar-refractivity contribution in [2.75, 3.05) is 23.0 Å². The van der Waals surface area contributed by atoms with Crippen LogP contribution in [0.3, 0.4) is 0 Å². The summed E-state index contributed by atoms with van der Waals surface area (Å²) in [4.78, 5) is 117. The molecule has 22 nitrogen and oxygen atoms in total. The summed E-state index contributed by atoms with van der Waals surface area (Å²) in [7, 11) is 11.3. The van der Waals surface area contributed by atoms with Crippen LogP contribution in [0.1, 0.15) is 290 Å². The van der Waals surface area contributed by atoms with Crippen LogP contribution < -0.4 is 40.5 Å². The number of amides is 6. The second-order valence-corrected chi connectivity index (χ2v) is 53.0. The normalized spacial score (nSPS) is 21.4. The Labute approximate surface area is 903 Å². The molecular formula is C120H157Cl4N8O14PRu. The molecule has 2 unspecified atom stereocenters. The fourth-order valence-corrected chi connectivity index (χ4v) is 29.4. The number of benzene rings is 7. The predicted molar refractivity (Wildman–Crippen MR) is 597 cm³/mol. The topological polar surface area (TPSA) is 253 Å². The molecule has 148 heavy (non-hydrogen) atoms. The third kappa shape index (κ3) is 33.6. The number of anilines is 2. The van der Waals surface area contributed by atoms with Crippen molar-refractivity contribution >= 4 is 114 Å². The third-order valence-corrected chi connectivity index (χ3v) is 35.8. The molecule has 5 aliphatic carbocycles. The summed E-state index contributed by atoms with van der Waals surface area (Å²) in [6.45, 7) is 37.3. The molecule has 4 N–H and O–H groups in total. The molecule has 0 spiro atoms. The van der Waals surface area contributed by atoms with E-state index in [0.29, 0.717) is 71.6 Å².